The minimum atomic E-state index is -4.49. The fourth-order valence-corrected chi connectivity index (χ4v) is 4.09. The molecular formula is C11H9F3INO4S. The third-order valence-electron chi connectivity index (χ3n) is 2.67. The van der Waals surface area contributed by atoms with Crippen LogP contribution < -0.4 is 0 Å². The van der Waals surface area contributed by atoms with Crippen molar-refractivity contribution >= 4 is 38.5 Å². The van der Waals surface area contributed by atoms with E-state index in [9.17, 15) is 26.4 Å². The second-order valence-electron chi connectivity index (χ2n) is 4.19. The minimum absolute atomic E-state index is 0.0197. The van der Waals surface area contributed by atoms with Crippen LogP contribution in [-0.2, 0) is 14.8 Å². The first-order chi connectivity index (χ1) is 9.63. The van der Waals surface area contributed by atoms with Crippen LogP contribution in [0.5, 0.6) is 0 Å². The fraction of sp³-hybridized carbons (Fsp3) is 0.364. The molecule has 1 aromatic carbocycles. The molecule has 0 N–H and O–H groups in total. The Morgan fingerprint density at radius 2 is 1.95 bits per heavy atom. The number of hydrogen-bond donors (Lipinski definition) is 0. The topological polar surface area (TPSA) is 63.7 Å². The molecule has 0 unspecified atom stereocenters. The van der Waals surface area contributed by atoms with Crippen molar-refractivity contribution in [1.82, 2.24) is 4.31 Å². The molecule has 116 valence electrons. The van der Waals surface area contributed by atoms with E-state index >= 15 is 0 Å². The van der Waals surface area contributed by atoms with E-state index in [-0.39, 0.29) is 10.5 Å². The number of rotatable bonds is 4. The Morgan fingerprint density at radius 3 is 2.57 bits per heavy atom. The lowest BCUT2D eigenvalue weighted by atomic mass is 10.2. The van der Waals surface area contributed by atoms with Crippen molar-refractivity contribution in [2.45, 2.75) is 11.1 Å². The van der Waals surface area contributed by atoms with E-state index in [1.54, 1.807) is 6.07 Å². The first kappa shape index (κ1) is 16.5. The molecular weight excluding hydrogens is 426 g/mol. The molecule has 0 radical (unpaired) electrons. The van der Waals surface area contributed by atoms with Gasteiger partial charge in [-0.2, -0.15) is 13.2 Å². The molecule has 0 aliphatic carbocycles. The van der Waals surface area contributed by atoms with Gasteiger partial charge in [-0.3, -0.25) is 4.79 Å². The van der Waals surface area contributed by atoms with Crippen LogP contribution in [0.15, 0.2) is 23.1 Å². The van der Waals surface area contributed by atoms with Gasteiger partial charge in [0, 0.05) is 3.57 Å². The number of benzene rings is 1. The second kappa shape index (κ2) is 5.72. The molecule has 0 aromatic heterocycles. The van der Waals surface area contributed by atoms with Crippen LogP contribution >= 0.6 is 22.6 Å². The van der Waals surface area contributed by atoms with Crippen LogP contribution in [0.2, 0.25) is 0 Å². The van der Waals surface area contributed by atoms with Crippen LogP contribution in [0.1, 0.15) is 10.4 Å². The SMILES string of the molecule is O=C1c2ccc(I)cc2S(=O)(=O)N1CCOCC(F)(F)F. The Kier molecular flexibility index (Phi) is 4.49. The molecule has 1 heterocycles. The lowest BCUT2D eigenvalue weighted by molar-refractivity contribution is -0.173. The fourth-order valence-electron chi connectivity index (χ4n) is 1.81. The third kappa shape index (κ3) is 3.48. The van der Waals surface area contributed by atoms with Gasteiger partial charge in [0.05, 0.1) is 18.7 Å². The number of halogens is 4. The van der Waals surface area contributed by atoms with Crippen molar-refractivity contribution in [3.8, 4) is 0 Å². The van der Waals surface area contributed by atoms with Gasteiger partial charge in [0.1, 0.15) is 11.5 Å². The number of sulfonamides is 1. The van der Waals surface area contributed by atoms with Crippen molar-refractivity contribution in [3.05, 3.63) is 27.3 Å². The average molecular weight is 435 g/mol. The van der Waals surface area contributed by atoms with Gasteiger partial charge in [0.2, 0.25) is 0 Å². The zero-order valence-corrected chi connectivity index (χ0v) is 13.3. The number of hydrogen-bond acceptors (Lipinski definition) is 4. The molecule has 1 aliphatic heterocycles. The Balaban J connectivity index is 2.11. The molecule has 0 atom stereocenters. The normalized spacial score (nSPS) is 17.1. The summed E-state index contributed by atoms with van der Waals surface area (Å²) in [6.07, 6.45) is -4.49. The maximum absolute atomic E-state index is 12.2. The molecule has 1 aliphatic rings. The maximum atomic E-state index is 12.2. The number of amides is 1. The summed E-state index contributed by atoms with van der Waals surface area (Å²) in [4.78, 5) is 11.9. The smallest absolute Gasteiger partial charge is 0.370 e. The number of alkyl halides is 3. The molecule has 0 saturated carbocycles. The summed E-state index contributed by atoms with van der Waals surface area (Å²) in [5.74, 6) is -0.753. The molecule has 0 saturated heterocycles. The Morgan fingerprint density at radius 1 is 1.29 bits per heavy atom. The van der Waals surface area contributed by atoms with Gasteiger partial charge in [-0.05, 0) is 40.8 Å². The van der Waals surface area contributed by atoms with Crippen LogP contribution in [0.4, 0.5) is 13.2 Å². The van der Waals surface area contributed by atoms with Crippen LogP contribution in [0.3, 0.4) is 0 Å². The van der Waals surface area contributed by atoms with Crippen LogP contribution in [-0.4, -0.2) is 44.6 Å². The van der Waals surface area contributed by atoms with Gasteiger partial charge in [0.15, 0.2) is 0 Å². The van der Waals surface area contributed by atoms with Crippen LogP contribution in [0, 0.1) is 3.57 Å². The van der Waals surface area contributed by atoms with E-state index in [1.807, 2.05) is 22.6 Å². The molecule has 5 nitrogen and oxygen atoms in total. The predicted octanol–water partition coefficient (Wildman–Crippen LogP) is 2.01. The quantitative estimate of drug-likeness (QED) is 0.537. The van der Waals surface area contributed by atoms with E-state index in [4.69, 9.17) is 0 Å². The highest BCUT2D eigenvalue weighted by atomic mass is 127. The van der Waals surface area contributed by atoms with Crippen molar-refractivity contribution in [1.29, 1.82) is 0 Å². The zero-order chi connectivity index (χ0) is 15.8. The summed E-state index contributed by atoms with van der Waals surface area (Å²) in [5.41, 5.74) is 0.0197. The van der Waals surface area contributed by atoms with E-state index in [1.165, 1.54) is 12.1 Å². The highest BCUT2D eigenvalue weighted by molar-refractivity contribution is 14.1. The maximum Gasteiger partial charge on any atom is 0.411 e. The monoisotopic (exact) mass is 435 g/mol. The van der Waals surface area contributed by atoms with E-state index in [2.05, 4.69) is 4.74 Å². The zero-order valence-electron chi connectivity index (χ0n) is 10.4. The second-order valence-corrected chi connectivity index (χ2v) is 7.27. The summed E-state index contributed by atoms with van der Waals surface area (Å²) in [5, 5.41) is 0. The van der Waals surface area contributed by atoms with E-state index in [0.717, 1.165) is 0 Å². The number of carbonyl (C=O) groups is 1. The van der Waals surface area contributed by atoms with Gasteiger partial charge in [-0.25, -0.2) is 12.7 Å². The molecule has 0 fully saturated rings. The van der Waals surface area contributed by atoms with E-state index in [0.29, 0.717) is 7.88 Å². The lowest BCUT2D eigenvalue weighted by Gasteiger charge is -2.15. The third-order valence-corrected chi connectivity index (χ3v) is 5.17. The number of carbonyl (C=O) groups excluding carboxylic acids is 1. The lowest BCUT2D eigenvalue weighted by Crippen LogP contribution is -2.34. The summed E-state index contributed by atoms with van der Waals surface area (Å²) in [7, 11) is -4.02. The molecule has 21 heavy (non-hydrogen) atoms. The van der Waals surface area contributed by atoms with Crippen LogP contribution in [0.25, 0.3) is 0 Å². The predicted molar refractivity (Wildman–Crippen MR) is 74.3 cm³/mol. The van der Waals surface area contributed by atoms with Gasteiger partial charge < -0.3 is 4.74 Å². The number of ether oxygens (including phenoxy) is 1. The summed E-state index contributed by atoms with van der Waals surface area (Å²) in [6, 6.07) is 4.31. The molecule has 0 bridgehead atoms. The van der Waals surface area contributed by atoms with Gasteiger partial charge >= 0.3 is 6.18 Å². The minimum Gasteiger partial charge on any atom is -0.370 e. The first-order valence-electron chi connectivity index (χ1n) is 5.64. The summed E-state index contributed by atoms with van der Waals surface area (Å²) >= 11 is 1.90. The largest absolute Gasteiger partial charge is 0.411 e. The Hall–Kier alpha value is -0.880. The van der Waals surface area contributed by atoms with Crippen molar-refractivity contribution in [3.63, 3.8) is 0 Å². The molecule has 1 aromatic rings. The van der Waals surface area contributed by atoms with Crippen molar-refractivity contribution < 1.29 is 31.1 Å². The van der Waals surface area contributed by atoms with Crippen molar-refractivity contribution in [2.75, 3.05) is 19.8 Å². The van der Waals surface area contributed by atoms with E-state index < -0.39 is 41.9 Å². The number of nitrogens with zero attached hydrogens (tertiary/aromatic N) is 1. The van der Waals surface area contributed by atoms with Gasteiger partial charge in [-0.1, -0.05) is 0 Å². The molecule has 0 spiro atoms. The summed E-state index contributed by atoms with van der Waals surface area (Å²) in [6.45, 7) is -2.46. The standard InChI is InChI=1S/C11H9F3INO4S/c12-11(13,14)6-20-4-3-16-10(17)8-2-1-7(15)5-9(8)21(16,18)19/h1-2,5H,3-4,6H2. The molecule has 2 rings (SSSR count). The Bertz CT molecular complexity index is 675. The highest BCUT2D eigenvalue weighted by Crippen LogP contribution is 2.31. The summed E-state index contributed by atoms with van der Waals surface area (Å²) < 4.78 is 65.6. The van der Waals surface area contributed by atoms with Gasteiger partial charge in [-0.15, -0.1) is 0 Å². The average Bonchev–Trinajstić information content (AvgIpc) is 2.53. The first-order valence-corrected chi connectivity index (χ1v) is 8.16. The highest BCUT2D eigenvalue weighted by Gasteiger charge is 2.41. The van der Waals surface area contributed by atoms with Gasteiger partial charge in [0.25, 0.3) is 15.9 Å². The number of fused-ring (bicyclic) bond motifs is 1. The molecule has 10 heteroatoms. The Labute approximate surface area is 132 Å². The van der Waals surface area contributed by atoms with Crippen molar-refractivity contribution in [2.24, 2.45) is 0 Å². The molecule has 1 amide bonds.